The Bertz CT molecular complexity index is 857. The first-order valence-electron chi connectivity index (χ1n) is 7.98. The summed E-state index contributed by atoms with van der Waals surface area (Å²) >= 11 is 5.03. The molecule has 0 radical (unpaired) electrons. The molecule has 1 aliphatic carbocycles. The topological polar surface area (TPSA) is 54.9 Å². The maximum Gasteiger partial charge on any atom is 0.230 e. The van der Waals surface area contributed by atoms with Crippen molar-refractivity contribution >= 4 is 50.6 Å². The SMILES string of the molecule is O=C(CSc1ncnc2sc3c(c12)CCC3)NCCc1cccs1. The third-order valence-corrected chi connectivity index (χ3v) is 7.21. The first-order chi connectivity index (χ1) is 11.8. The normalized spacial score (nSPS) is 13.3. The molecule has 3 aromatic heterocycles. The van der Waals surface area contributed by atoms with Crippen LogP contribution in [0.15, 0.2) is 28.9 Å². The Morgan fingerprint density at radius 2 is 2.29 bits per heavy atom. The smallest absolute Gasteiger partial charge is 0.230 e. The van der Waals surface area contributed by atoms with Crippen LogP contribution in [0, 0.1) is 0 Å². The molecule has 124 valence electrons. The summed E-state index contributed by atoms with van der Waals surface area (Å²) in [6, 6.07) is 4.14. The molecule has 0 fully saturated rings. The van der Waals surface area contributed by atoms with Gasteiger partial charge in [0.25, 0.3) is 0 Å². The number of rotatable bonds is 6. The highest BCUT2D eigenvalue weighted by Gasteiger charge is 2.21. The third kappa shape index (κ3) is 3.34. The van der Waals surface area contributed by atoms with Crippen molar-refractivity contribution in [3.63, 3.8) is 0 Å². The second kappa shape index (κ2) is 7.21. The van der Waals surface area contributed by atoms with Crippen molar-refractivity contribution in [2.24, 2.45) is 0 Å². The number of aryl methyl sites for hydroxylation is 2. The largest absolute Gasteiger partial charge is 0.355 e. The number of fused-ring (bicyclic) bond motifs is 3. The van der Waals surface area contributed by atoms with E-state index in [0.717, 1.165) is 29.1 Å². The molecule has 0 atom stereocenters. The molecule has 0 saturated heterocycles. The molecule has 4 rings (SSSR count). The summed E-state index contributed by atoms with van der Waals surface area (Å²) in [4.78, 5) is 24.7. The standard InChI is InChI=1S/C17H17N3OS3/c21-14(18-7-6-11-3-2-8-22-11)9-23-16-15-12-4-1-5-13(12)24-17(15)20-10-19-16/h2-3,8,10H,1,4-7,9H2,(H,18,21). The molecule has 0 spiro atoms. The molecule has 24 heavy (non-hydrogen) atoms. The molecule has 0 unspecified atom stereocenters. The lowest BCUT2D eigenvalue weighted by Crippen LogP contribution is -2.27. The number of amides is 1. The highest BCUT2D eigenvalue weighted by atomic mass is 32.2. The van der Waals surface area contributed by atoms with Gasteiger partial charge in [0.05, 0.1) is 5.75 Å². The van der Waals surface area contributed by atoms with E-state index in [0.29, 0.717) is 12.3 Å². The van der Waals surface area contributed by atoms with Gasteiger partial charge in [-0.05, 0) is 42.7 Å². The minimum Gasteiger partial charge on any atom is -0.355 e. The summed E-state index contributed by atoms with van der Waals surface area (Å²) in [6.07, 6.45) is 6.00. The molecule has 3 heterocycles. The summed E-state index contributed by atoms with van der Waals surface area (Å²) in [5.41, 5.74) is 1.41. The van der Waals surface area contributed by atoms with Crippen LogP contribution in [0.3, 0.4) is 0 Å². The van der Waals surface area contributed by atoms with Crippen molar-refractivity contribution in [3.05, 3.63) is 39.2 Å². The Labute approximate surface area is 152 Å². The van der Waals surface area contributed by atoms with Gasteiger partial charge in [0, 0.05) is 21.7 Å². The number of hydrogen-bond acceptors (Lipinski definition) is 6. The molecule has 0 saturated carbocycles. The summed E-state index contributed by atoms with van der Waals surface area (Å²) in [5.74, 6) is 0.469. The van der Waals surface area contributed by atoms with Gasteiger partial charge >= 0.3 is 0 Å². The molecule has 4 nitrogen and oxygen atoms in total. The summed E-state index contributed by atoms with van der Waals surface area (Å²) < 4.78 is 0. The number of nitrogens with one attached hydrogen (secondary N) is 1. The van der Waals surface area contributed by atoms with E-state index in [9.17, 15) is 4.79 Å². The van der Waals surface area contributed by atoms with Crippen molar-refractivity contribution in [1.82, 2.24) is 15.3 Å². The highest BCUT2D eigenvalue weighted by molar-refractivity contribution is 8.00. The molecule has 1 amide bonds. The zero-order valence-corrected chi connectivity index (χ0v) is 15.5. The first kappa shape index (κ1) is 16.1. The fourth-order valence-corrected chi connectivity index (χ4v) is 5.83. The molecule has 7 heteroatoms. The first-order valence-corrected chi connectivity index (χ1v) is 10.7. The van der Waals surface area contributed by atoms with Gasteiger partial charge in [0.15, 0.2) is 0 Å². The van der Waals surface area contributed by atoms with Gasteiger partial charge in [-0.15, -0.1) is 22.7 Å². The molecular formula is C17H17N3OS3. The Morgan fingerprint density at radius 1 is 1.33 bits per heavy atom. The highest BCUT2D eigenvalue weighted by Crippen LogP contribution is 2.39. The van der Waals surface area contributed by atoms with Crippen LogP contribution >= 0.6 is 34.4 Å². The minimum atomic E-state index is 0.0650. The Balaban J connectivity index is 1.37. The van der Waals surface area contributed by atoms with E-state index in [4.69, 9.17) is 0 Å². The number of thiophene rings is 2. The van der Waals surface area contributed by atoms with E-state index in [2.05, 4.69) is 26.7 Å². The van der Waals surface area contributed by atoms with Crippen LogP contribution in [-0.2, 0) is 24.1 Å². The van der Waals surface area contributed by atoms with Crippen molar-refractivity contribution in [3.8, 4) is 0 Å². The average molecular weight is 376 g/mol. The van der Waals surface area contributed by atoms with E-state index in [1.165, 1.54) is 38.9 Å². The van der Waals surface area contributed by atoms with Gasteiger partial charge in [-0.1, -0.05) is 17.8 Å². The number of hydrogen-bond donors (Lipinski definition) is 1. The van der Waals surface area contributed by atoms with Crippen LogP contribution in [0.5, 0.6) is 0 Å². The number of nitrogens with zero attached hydrogens (tertiary/aromatic N) is 2. The third-order valence-electron chi connectivity index (χ3n) is 4.08. The van der Waals surface area contributed by atoms with Crippen LogP contribution in [0.2, 0.25) is 0 Å². The van der Waals surface area contributed by atoms with Crippen molar-refractivity contribution in [1.29, 1.82) is 0 Å². The van der Waals surface area contributed by atoms with E-state index in [-0.39, 0.29) is 5.91 Å². The van der Waals surface area contributed by atoms with Gasteiger partial charge in [-0.2, -0.15) is 0 Å². The van der Waals surface area contributed by atoms with E-state index >= 15 is 0 Å². The van der Waals surface area contributed by atoms with E-state index in [1.807, 2.05) is 6.07 Å². The molecule has 3 aromatic rings. The number of carbonyl (C=O) groups excluding carboxylic acids is 1. The molecule has 0 aromatic carbocycles. The second-order valence-electron chi connectivity index (χ2n) is 5.68. The summed E-state index contributed by atoms with van der Waals surface area (Å²) in [5, 5.41) is 7.19. The summed E-state index contributed by atoms with van der Waals surface area (Å²) in [7, 11) is 0. The molecular weight excluding hydrogens is 358 g/mol. The van der Waals surface area contributed by atoms with Crippen LogP contribution < -0.4 is 5.32 Å². The quantitative estimate of drug-likeness (QED) is 0.527. The Morgan fingerprint density at radius 3 is 3.17 bits per heavy atom. The lowest BCUT2D eigenvalue weighted by atomic mass is 10.2. The van der Waals surface area contributed by atoms with Gasteiger partial charge in [0.2, 0.25) is 5.91 Å². The Kier molecular flexibility index (Phi) is 4.82. The minimum absolute atomic E-state index is 0.0650. The van der Waals surface area contributed by atoms with E-state index in [1.54, 1.807) is 29.0 Å². The van der Waals surface area contributed by atoms with Gasteiger partial charge < -0.3 is 5.32 Å². The summed E-state index contributed by atoms with van der Waals surface area (Å²) in [6.45, 7) is 0.687. The van der Waals surface area contributed by atoms with Crippen LogP contribution in [0.4, 0.5) is 0 Å². The van der Waals surface area contributed by atoms with Crippen molar-refractivity contribution < 1.29 is 4.79 Å². The fraction of sp³-hybridized carbons (Fsp3) is 0.353. The van der Waals surface area contributed by atoms with E-state index < -0.39 is 0 Å². The molecule has 0 aliphatic heterocycles. The molecule has 1 N–H and O–H groups in total. The maximum absolute atomic E-state index is 12.1. The predicted octanol–water partition coefficient (Wildman–Crippen LogP) is 3.69. The number of thioether (sulfide) groups is 1. The van der Waals surface area contributed by atoms with Crippen LogP contribution in [-0.4, -0.2) is 28.2 Å². The van der Waals surface area contributed by atoms with Crippen LogP contribution in [0.1, 0.15) is 21.7 Å². The molecule has 1 aliphatic rings. The second-order valence-corrected chi connectivity index (χ2v) is 8.76. The zero-order valence-electron chi connectivity index (χ0n) is 13.1. The molecule has 0 bridgehead atoms. The number of carbonyl (C=O) groups is 1. The lowest BCUT2D eigenvalue weighted by Gasteiger charge is -2.05. The maximum atomic E-state index is 12.1. The Hall–Kier alpha value is -1.44. The fourth-order valence-electron chi connectivity index (χ4n) is 2.97. The monoisotopic (exact) mass is 375 g/mol. The number of aromatic nitrogens is 2. The van der Waals surface area contributed by atoms with Crippen molar-refractivity contribution in [2.75, 3.05) is 12.3 Å². The van der Waals surface area contributed by atoms with Gasteiger partial charge in [0.1, 0.15) is 16.2 Å². The lowest BCUT2D eigenvalue weighted by molar-refractivity contribution is -0.118. The van der Waals surface area contributed by atoms with Gasteiger partial charge in [-0.25, -0.2) is 9.97 Å². The van der Waals surface area contributed by atoms with Crippen molar-refractivity contribution in [2.45, 2.75) is 30.7 Å². The predicted molar refractivity (Wildman–Crippen MR) is 101 cm³/mol. The van der Waals surface area contributed by atoms with Gasteiger partial charge in [-0.3, -0.25) is 4.79 Å². The van der Waals surface area contributed by atoms with Crippen LogP contribution in [0.25, 0.3) is 10.2 Å². The average Bonchev–Trinajstić information content (AvgIpc) is 3.29. The zero-order chi connectivity index (χ0) is 16.4.